The molecule has 6 heteroatoms. The van der Waals surface area contributed by atoms with Crippen LogP contribution in [0.3, 0.4) is 0 Å². The van der Waals surface area contributed by atoms with E-state index in [2.05, 4.69) is 6.58 Å². The maximum Gasteiger partial charge on any atom is 0.257 e. The Labute approximate surface area is 199 Å². The van der Waals surface area contributed by atoms with E-state index in [-0.39, 0.29) is 12.5 Å². The summed E-state index contributed by atoms with van der Waals surface area (Å²) in [4.78, 5) is 15.3. The number of ether oxygens (including phenoxy) is 2. The average molecular weight is 463 g/mol. The lowest BCUT2D eigenvalue weighted by atomic mass is 9.93. The number of carbonyl (C=O) groups excluding carboxylic acids is 1. The number of anilines is 1. The van der Waals surface area contributed by atoms with Crippen LogP contribution >= 0.6 is 11.6 Å². The topological polar surface area (TPSA) is 64.8 Å². The molecule has 2 N–H and O–H groups in total. The molecule has 1 amide bonds. The van der Waals surface area contributed by atoms with Crippen LogP contribution in [-0.2, 0) is 17.1 Å². The maximum atomic E-state index is 13.4. The molecule has 0 saturated heterocycles. The second-order valence-corrected chi connectivity index (χ2v) is 8.35. The Kier molecular flexibility index (Phi) is 6.72. The summed E-state index contributed by atoms with van der Waals surface area (Å²) in [5.41, 5.74) is 8.72. The van der Waals surface area contributed by atoms with Gasteiger partial charge in [-0.25, -0.2) is 0 Å². The third-order valence-corrected chi connectivity index (χ3v) is 5.96. The van der Waals surface area contributed by atoms with Crippen LogP contribution in [0.15, 0.2) is 79.4 Å². The zero-order valence-electron chi connectivity index (χ0n) is 18.6. The minimum Gasteiger partial charge on any atom is -0.487 e. The number of halogens is 1. The van der Waals surface area contributed by atoms with Gasteiger partial charge < -0.3 is 20.1 Å². The van der Waals surface area contributed by atoms with E-state index in [0.29, 0.717) is 35.2 Å². The van der Waals surface area contributed by atoms with Gasteiger partial charge in [-0.2, -0.15) is 0 Å². The number of nitrogens with zero attached hydrogens (tertiary/aromatic N) is 1. The van der Waals surface area contributed by atoms with E-state index in [1.54, 1.807) is 12.1 Å². The summed E-state index contributed by atoms with van der Waals surface area (Å²) in [5.74, 6) is 0.527. The Morgan fingerprint density at radius 3 is 2.61 bits per heavy atom. The zero-order chi connectivity index (χ0) is 23.4. The summed E-state index contributed by atoms with van der Waals surface area (Å²) in [5, 5.41) is 0.621. The third kappa shape index (κ3) is 4.22. The van der Waals surface area contributed by atoms with Crippen LogP contribution in [-0.4, -0.2) is 24.0 Å². The van der Waals surface area contributed by atoms with Gasteiger partial charge in [0, 0.05) is 28.3 Å². The number of fused-ring (bicyclic) bond motifs is 1. The van der Waals surface area contributed by atoms with Crippen molar-refractivity contribution in [2.45, 2.75) is 25.7 Å². The highest BCUT2D eigenvalue weighted by Crippen LogP contribution is 2.46. The van der Waals surface area contributed by atoms with Gasteiger partial charge >= 0.3 is 0 Å². The van der Waals surface area contributed by atoms with Gasteiger partial charge in [0.05, 0.1) is 12.3 Å². The van der Waals surface area contributed by atoms with E-state index in [4.69, 9.17) is 26.8 Å². The Balaban J connectivity index is 1.79. The average Bonchev–Trinajstić information content (AvgIpc) is 3.07. The van der Waals surface area contributed by atoms with Crippen molar-refractivity contribution in [1.82, 2.24) is 4.90 Å². The van der Waals surface area contributed by atoms with E-state index in [1.165, 1.54) is 0 Å². The highest BCUT2D eigenvalue weighted by molar-refractivity contribution is 6.30. The van der Waals surface area contributed by atoms with Gasteiger partial charge in [0.1, 0.15) is 12.4 Å². The van der Waals surface area contributed by atoms with Crippen molar-refractivity contribution < 1.29 is 14.3 Å². The molecule has 0 saturated carbocycles. The fraction of sp³-hybridized carbons (Fsp3) is 0.222. The van der Waals surface area contributed by atoms with Crippen molar-refractivity contribution in [3.05, 3.63) is 107 Å². The smallest absolute Gasteiger partial charge is 0.257 e. The van der Waals surface area contributed by atoms with Gasteiger partial charge in [-0.3, -0.25) is 4.79 Å². The molecule has 4 rings (SSSR count). The number of amides is 1. The summed E-state index contributed by atoms with van der Waals surface area (Å²) < 4.78 is 12.4. The number of nitrogens with two attached hydrogens (primary N) is 1. The number of hydrogen-bond donors (Lipinski definition) is 1. The second-order valence-electron chi connectivity index (χ2n) is 7.91. The zero-order valence-corrected chi connectivity index (χ0v) is 19.3. The van der Waals surface area contributed by atoms with Crippen LogP contribution in [0.1, 0.15) is 40.4 Å². The molecule has 1 heterocycles. The standard InChI is InChI=1S/C27H27ClN2O3/c1-3-15-30-26(31)22-7-5-6-8-23(22)27(30,20-10-12-21(28)13-11-20)33-18-19-9-14-24(29)25(17-19)32-16-4-2/h4-14,17H,2-3,15-16,18,29H2,1H3. The molecule has 3 aromatic rings. The Morgan fingerprint density at radius 2 is 1.88 bits per heavy atom. The molecule has 33 heavy (non-hydrogen) atoms. The molecule has 0 radical (unpaired) electrons. The molecule has 5 nitrogen and oxygen atoms in total. The van der Waals surface area contributed by atoms with E-state index in [1.807, 2.05) is 72.5 Å². The largest absolute Gasteiger partial charge is 0.487 e. The minimum atomic E-state index is -1.07. The summed E-state index contributed by atoms with van der Waals surface area (Å²) in [7, 11) is 0. The first-order valence-corrected chi connectivity index (χ1v) is 11.3. The lowest BCUT2D eigenvalue weighted by molar-refractivity contribution is -0.117. The maximum absolute atomic E-state index is 13.4. The Hall–Kier alpha value is -3.28. The first-order valence-electron chi connectivity index (χ1n) is 10.9. The highest BCUT2D eigenvalue weighted by atomic mass is 35.5. The summed E-state index contributed by atoms with van der Waals surface area (Å²) in [6.07, 6.45) is 2.46. The van der Waals surface area contributed by atoms with Crippen LogP contribution in [0, 0.1) is 0 Å². The van der Waals surface area contributed by atoms with Crippen molar-refractivity contribution in [2.75, 3.05) is 18.9 Å². The van der Waals surface area contributed by atoms with E-state index < -0.39 is 5.72 Å². The van der Waals surface area contributed by atoms with Gasteiger partial charge in [0.15, 0.2) is 5.72 Å². The molecule has 170 valence electrons. The number of carbonyl (C=O) groups is 1. The Morgan fingerprint density at radius 1 is 1.12 bits per heavy atom. The van der Waals surface area contributed by atoms with E-state index >= 15 is 0 Å². The molecule has 1 unspecified atom stereocenters. The fourth-order valence-electron chi connectivity index (χ4n) is 4.24. The van der Waals surface area contributed by atoms with Crippen molar-refractivity contribution in [2.24, 2.45) is 0 Å². The second kappa shape index (κ2) is 9.69. The normalized spacial score (nSPS) is 17.2. The fourth-order valence-corrected chi connectivity index (χ4v) is 4.36. The van der Waals surface area contributed by atoms with Crippen molar-refractivity contribution in [3.8, 4) is 5.75 Å². The molecule has 0 aliphatic carbocycles. The number of nitrogen functional groups attached to an aromatic ring is 1. The number of hydrogen-bond acceptors (Lipinski definition) is 4. The molecule has 3 aromatic carbocycles. The van der Waals surface area contributed by atoms with E-state index in [9.17, 15) is 4.79 Å². The quantitative estimate of drug-likeness (QED) is 0.324. The van der Waals surface area contributed by atoms with Crippen molar-refractivity contribution in [1.29, 1.82) is 0 Å². The first-order chi connectivity index (χ1) is 16.0. The van der Waals surface area contributed by atoms with Crippen molar-refractivity contribution in [3.63, 3.8) is 0 Å². The van der Waals surface area contributed by atoms with Crippen LogP contribution in [0.5, 0.6) is 5.75 Å². The first kappa shape index (κ1) is 22.9. The van der Waals surface area contributed by atoms with Crippen molar-refractivity contribution >= 4 is 23.2 Å². The molecule has 0 aromatic heterocycles. The highest BCUT2D eigenvalue weighted by Gasteiger charge is 2.51. The van der Waals surface area contributed by atoms with Gasteiger partial charge in [-0.1, -0.05) is 67.6 Å². The molecule has 1 aliphatic rings. The predicted octanol–water partition coefficient (Wildman–Crippen LogP) is 5.77. The lowest BCUT2D eigenvalue weighted by Crippen LogP contribution is -2.47. The van der Waals surface area contributed by atoms with E-state index in [0.717, 1.165) is 23.1 Å². The molecule has 1 atom stereocenters. The lowest BCUT2D eigenvalue weighted by Gasteiger charge is -2.39. The minimum absolute atomic E-state index is 0.0466. The van der Waals surface area contributed by atoms with Gasteiger partial charge in [0.25, 0.3) is 5.91 Å². The summed E-state index contributed by atoms with van der Waals surface area (Å²) in [6.45, 7) is 6.88. The number of benzene rings is 3. The van der Waals surface area contributed by atoms with Crippen LogP contribution in [0.4, 0.5) is 5.69 Å². The number of rotatable bonds is 9. The SMILES string of the molecule is C=CCOc1cc(COC2(c3ccc(Cl)cc3)c3ccccc3C(=O)N2CCC)ccc1N. The predicted molar refractivity (Wildman–Crippen MR) is 131 cm³/mol. The molecule has 0 bridgehead atoms. The third-order valence-electron chi connectivity index (χ3n) is 5.71. The summed E-state index contributed by atoms with van der Waals surface area (Å²) >= 11 is 6.18. The van der Waals surface area contributed by atoms with Crippen LogP contribution in [0.25, 0.3) is 0 Å². The molecular weight excluding hydrogens is 436 g/mol. The molecule has 0 spiro atoms. The van der Waals surface area contributed by atoms with Gasteiger partial charge in [-0.15, -0.1) is 0 Å². The van der Waals surface area contributed by atoms with Crippen LogP contribution in [0.2, 0.25) is 5.02 Å². The summed E-state index contributed by atoms with van der Waals surface area (Å²) in [6, 6.07) is 20.7. The van der Waals surface area contributed by atoms with Crippen LogP contribution < -0.4 is 10.5 Å². The Bertz CT molecular complexity index is 1160. The van der Waals surface area contributed by atoms with Gasteiger partial charge in [-0.05, 0) is 42.3 Å². The molecule has 1 aliphatic heterocycles. The monoisotopic (exact) mass is 462 g/mol. The molecular formula is C27H27ClN2O3. The molecule has 0 fully saturated rings. The van der Waals surface area contributed by atoms with Gasteiger partial charge in [0.2, 0.25) is 0 Å².